The molecule has 1 rings (SSSR count). The summed E-state index contributed by atoms with van der Waals surface area (Å²) in [6, 6.07) is -0.0489. The van der Waals surface area contributed by atoms with E-state index in [0.29, 0.717) is 0 Å². The van der Waals surface area contributed by atoms with Crippen molar-refractivity contribution in [3.8, 4) is 0 Å². The molecule has 1 aliphatic heterocycles. The van der Waals surface area contributed by atoms with Crippen LogP contribution in [0.4, 0.5) is 13.2 Å². The van der Waals surface area contributed by atoms with E-state index in [9.17, 15) is 13.2 Å². The van der Waals surface area contributed by atoms with Crippen molar-refractivity contribution in [2.24, 2.45) is 0 Å². The van der Waals surface area contributed by atoms with E-state index >= 15 is 0 Å². The lowest BCUT2D eigenvalue weighted by Crippen LogP contribution is -2.65. The summed E-state index contributed by atoms with van der Waals surface area (Å²) >= 11 is 0. The van der Waals surface area contributed by atoms with Gasteiger partial charge in [0.2, 0.25) is 0 Å². The van der Waals surface area contributed by atoms with E-state index < -0.39 is 38.3 Å². The van der Waals surface area contributed by atoms with Crippen LogP contribution in [0.3, 0.4) is 0 Å². The van der Waals surface area contributed by atoms with Crippen LogP contribution in [0.15, 0.2) is 0 Å². The number of hydrogen-bond donors (Lipinski definition) is 0. The van der Waals surface area contributed by atoms with Gasteiger partial charge in [-0.05, 0) is 38.8 Å². The van der Waals surface area contributed by atoms with E-state index in [4.69, 9.17) is 12.3 Å². The van der Waals surface area contributed by atoms with E-state index in [-0.39, 0.29) is 6.04 Å². The number of halogens is 3. The highest BCUT2D eigenvalue weighted by atomic mass is 28.5. The second-order valence-electron chi connectivity index (χ2n) is 5.35. The van der Waals surface area contributed by atoms with Gasteiger partial charge in [0.25, 0.3) is 0 Å². The van der Waals surface area contributed by atoms with Crippen molar-refractivity contribution in [3.63, 3.8) is 0 Å². The smallest absolute Gasteiger partial charge is 0.389 e. The quantitative estimate of drug-likeness (QED) is 0.731. The first kappa shape index (κ1) is 15.4. The first-order chi connectivity index (χ1) is 7.33. The summed E-state index contributed by atoms with van der Waals surface area (Å²) in [6.45, 7) is 9.17. The van der Waals surface area contributed by atoms with Crippen molar-refractivity contribution in [1.82, 2.24) is 0 Å². The second-order valence-corrected chi connectivity index (χ2v) is 16.2. The molecule has 102 valence electrons. The van der Waals surface area contributed by atoms with Gasteiger partial charge in [-0.2, -0.15) is 13.2 Å². The van der Waals surface area contributed by atoms with Crippen molar-refractivity contribution >= 4 is 25.7 Å². The van der Waals surface area contributed by atoms with Crippen molar-refractivity contribution in [1.29, 1.82) is 0 Å². The molecule has 0 radical (unpaired) electrons. The lowest BCUT2D eigenvalue weighted by molar-refractivity contribution is -0.131. The van der Waals surface area contributed by atoms with Gasteiger partial charge in [-0.25, -0.2) is 0 Å². The molecule has 0 aromatic heterocycles. The molecule has 0 unspecified atom stereocenters. The van der Waals surface area contributed by atoms with Crippen LogP contribution < -0.4 is 0 Å². The van der Waals surface area contributed by atoms with E-state index in [1.807, 2.05) is 26.2 Å². The lowest BCUT2D eigenvalue weighted by atomic mass is 10.5. The molecule has 0 bridgehead atoms. The van der Waals surface area contributed by atoms with Gasteiger partial charge in [0, 0.05) is 6.42 Å². The Morgan fingerprint density at radius 2 is 1.24 bits per heavy atom. The minimum absolute atomic E-state index is 0.0489. The van der Waals surface area contributed by atoms with Crippen LogP contribution in [0.1, 0.15) is 6.42 Å². The van der Waals surface area contributed by atoms with Crippen LogP contribution in [0.2, 0.25) is 38.8 Å². The Bertz CT molecular complexity index is 277. The van der Waals surface area contributed by atoms with E-state index in [1.165, 1.54) is 0 Å². The topological polar surface area (TPSA) is 27.7 Å². The SMILES string of the molecule is C[Si]1(C)O[Si](C)(C)O[Si](C)(CCC(F)(F)F)O1. The molecule has 0 saturated carbocycles. The third kappa shape index (κ3) is 5.22. The van der Waals surface area contributed by atoms with E-state index in [2.05, 4.69) is 0 Å². The Balaban J connectivity index is 2.74. The van der Waals surface area contributed by atoms with Crippen LogP contribution in [0.5, 0.6) is 0 Å². The normalized spacial score (nSPS) is 26.8. The second kappa shape index (κ2) is 4.46. The van der Waals surface area contributed by atoms with Crippen molar-refractivity contribution in [2.75, 3.05) is 0 Å². The predicted molar refractivity (Wildman–Crippen MR) is 65.3 cm³/mol. The summed E-state index contributed by atoms with van der Waals surface area (Å²) in [5.41, 5.74) is 0. The molecule has 0 aromatic carbocycles. The summed E-state index contributed by atoms with van der Waals surface area (Å²) in [5, 5.41) is 0. The highest BCUT2D eigenvalue weighted by Crippen LogP contribution is 2.35. The van der Waals surface area contributed by atoms with Crippen molar-refractivity contribution in [2.45, 2.75) is 51.4 Å². The van der Waals surface area contributed by atoms with Gasteiger partial charge in [0.05, 0.1) is 0 Å². The molecule has 1 saturated heterocycles. The minimum atomic E-state index is -4.15. The number of rotatable bonds is 2. The molecule has 1 aliphatic rings. The average molecular weight is 304 g/mol. The molecule has 0 atom stereocenters. The maximum atomic E-state index is 12.3. The Morgan fingerprint density at radius 1 is 0.824 bits per heavy atom. The molecular formula is C8H19F3O3Si3. The summed E-state index contributed by atoms with van der Waals surface area (Å²) in [4.78, 5) is 0. The average Bonchev–Trinajstić information content (AvgIpc) is 1.92. The van der Waals surface area contributed by atoms with Crippen LogP contribution in [-0.2, 0) is 12.3 Å². The molecular weight excluding hydrogens is 285 g/mol. The van der Waals surface area contributed by atoms with Gasteiger partial charge in [0.1, 0.15) is 0 Å². The van der Waals surface area contributed by atoms with E-state index in [1.54, 1.807) is 6.55 Å². The summed E-state index contributed by atoms with van der Waals surface area (Å²) in [7, 11) is -7.39. The highest BCUT2D eigenvalue weighted by Gasteiger charge is 2.53. The molecule has 17 heavy (non-hydrogen) atoms. The Kier molecular flexibility index (Phi) is 4.03. The van der Waals surface area contributed by atoms with Gasteiger partial charge >= 0.3 is 31.9 Å². The van der Waals surface area contributed by atoms with Crippen molar-refractivity contribution < 1.29 is 25.5 Å². The fourth-order valence-electron chi connectivity index (χ4n) is 2.17. The predicted octanol–water partition coefficient (Wildman–Crippen LogP) is 3.48. The molecule has 1 fully saturated rings. The first-order valence-corrected chi connectivity index (χ1v) is 13.7. The van der Waals surface area contributed by atoms with Gasteiger partial charge in [-0.15, -0.1) is 0 Å². The maximum Gasteiger partial charge on any atom is 0.389 e. The molecule has 9 heteroatoms. The monoisotopic (exact) mass is 304 g/mol. The first-order valence-electron chi connectivity index (χ1n) is 5.50. The molecule has 0 aromatic rings. The zero-order valence-electron chi connectivity index (χ0n) is 10.8. The zero-order chi connectivity index (χ0) is 13.5. The van der Waals surface area contributed by atoms with Gasteiger partial charge in [0.15, 0.2) is 0 Å². The third-order valence-electron chi connectivity index (χ3n) is 2.28. The standard InChI is InChI=1S/C8H19F3O3Si3/c1-15(2)12-16(3,4)14-17(5,13-15)7-6-8(9,10)11/h6-7H2,1-5H3. The minimum Gasteiger partial charge on any atom is -0.416 e. The molecule has 1 heterocycles. The van der Waals surface area contributed by atoms with Crippen LogP contribution in [0, 0.1) is 0 Å². The number of alkyl halides is 3. The van der Waals surface area contributed by atoms with Gasteiger partial charge in [-0.3, -0.25) is 0 Å². The fraction of sp³-hybridized carbons (Fsp3) is 1.00. The molecule has 0 aliphatic carbocycles. The van der Waals surface area contributed by atoms with Crippen LogP contribution in [-0.4, -0.2) is 31.9 Å². The summed E-state index contributed by atoms with van der Waals surface area (Å²) < 4.78 is 54.1. The Labute approximate surface area is 103 Å². The molecule has 3 nitrogen and oxygen atoms in total. The highest BCUT2D eigenvalue weighted by molar-refractivity contribution is 6.92. The summed E-state index contributed by atoms with van der Waals surface area (Å²) in [5.74, 6) is 0. The Hall–Kier alpha value is 0.321. The maximum absolute atomic E-state index is 12.3. The van der Waals surface area contributed by atoms with Crippen molar-refractivity contribution in [3.05, 3.63) is 0 Å². The van der Waals surface area contributed by atoms with E-state index in [0.717, 1.165) is 0 Å². The third-order valence-corrected chi connectivity index (χ3v) is 14.8. The Morgan fingerprint density at radius 3 is 1.59 bits per heavy atom. The number of hydrogen-bond acceptors (Lipinski definition) is 3. The van der Waals surface area contributed by atoms with Gasteiger partial charge < -0.3 is 12.3 Å². The molecule has 0 spiro atoms. The lowest BCUT2D eigenvalue weighted by Gasteiger charge is -2.48. The molecule has 0 N–H and O–H groups in total. The largest absolute Gasteiger partial charge is 0.416 e. The zero-order valence-corrected chi connectivity index (χ0v) is 13.8. The fourth-order valence-corrected chi connectivity index (χ4v) is 18.4. The van der Waals surface area contributed by atoms with Gasteiger partial charge in [-0.1, -0.05) is 0 Å². The van der Waals surface area contributed by atoms with Crippen LogP contribution >= 0.6 is 0 Å². The molecule has 0 amide bonds. The summed E-state index contributed by atoms with van der Waals surface area (Å²) in [6.07, 6.45) is -5.00. The van der Waals surface area contributed by atoms with Crippen LogP contribution in [0.25, 0.3) is 0 Å².